The molecule has 6 nitrogen and oxygen atoms in total. The molecule has 2 aromatic rings. The lowest BCUT2D eigenvalue weighted by molar-refractivity contribution is 0.558. The van der Waals surface area contributed by atoms with Gasteiger partial charge in [-0.05, 0) is 29.0 Å². The summed E-state index contributed by atoms with van der Waals surface area (Å²) >= 11 is 5.16. The maximum absolute atomic E-state index is 5.16. The molecule has 2 N–H and O–H groups in total. The lowest BCUT2D eigenvalue weighted by Gasteiger charge is -2.06. The van der Waals surface area contributed by atoms with Crippen molar-refractivity contribution in [3.05, 3.63) is 23.0 Å². The summed E-state index contributed by atoms with van der Waals surface area (Å²) in [5, 5.41) is 14.6. The van der Waals surface area contributed by atoms with Crippen LogP contribution in [0.2, 0.25) is 0 Å². The number of unbranched alkanes of at least 4 members (excludes halogenated alkanes) is 1. The highest BCUT2D eigenvalue weighted by Gasteiger charge is 2.06. The van der Waals surface area contributed by atoms with Crippen molar-refractivity contribution in [3.63, 3.8) is 0 Å². The normalized spacial score (nSPS) is 10.4. The third kappa shape index (κ3) is 2.88. The minimum Gasteiger partial charge on any atom is -0.351 e. The summed E-state index contributed by atoms with van der Waals surface area (Å²) in [5.74, 6) is 0.615. The molecule has 0 saturated carbocycles. The van der Waals surface area contributed by atoms with Gasteiger partial charge in [-0.2, -0.15) is 0 Å². The lowest BCUT2D eigenvalue weighted by Crippen LogP contribution is -2.06. The van der Waals surface area contributed by atoms with Gasteiger partial charge in [0.05, 0.1) is 5.69 Å². The summed E-state index contributed by atoms with van der Waals surface area (Å²) in [4.78, 5) is 2.95. The smallest absolute Gasteiger partial charge is 0.247 e. The molecule has 2 rings (SSSR count). The average Bonchev–Trinajstić information content (AvgIpc) is 2.77. The molecule has 0 amide bonds. The summed E-state index contributed by atoms with van der Waals surface area (Å²) in [6.07, 6.45) is 3.93. The first kappa shape index (κ1) is 11.7. The molecule has 0 spiro atoms. The van der Waals surface area contributed by atoms with Gasteiger partial charge in [0.1, 0.15) is 4.64 Å². The van der Waals surface area contributed by atoms with Crippen LogP contribution in [0.15, 0.2) is 18.3 Å². The molecule has 7 heteroatoms. The molecule has 2 aromatic heterocycles. The number of hydrogen-bond acceptors (Lipinski definition) is 5. The number of aromatic nitrogens is 5. The van der Waals surface area contributed by atoms with E-state index >= 15 is 0 Å². The zero-order chi connectivity index (χ0) is 12.1. The maximum Gasteiger partial charge on any atom is 0.247 e. The Morgan fingerprint density at radius 1 is 1.53 bits per heavy atom. The summed E-state index contributed by atoms with van der Waals surface area (Å²) in [6, 6.07) is 3.76. The van der Waals surface area contributed by atoms with Crippen molar-refractivity contribution < 1.29 is 0 Å². The van der Waals surface area contributed by atoms with E-state index in [0.29, 0.717) is 10.6 Å². The third-order valence-corrected chi connectivity index (χ3v) is 2.66. The molecule has 0 unspecified atom stereocenters. The van der Waals surface area contributed by atoms with Gasteiger partial charge in [0.25, 0.3) is 0 Å². The third-order valence-electron chi connectivity index (χ3n) is 2.32. The summed E-state index contributed by atoms with van der Waals surface area (Å²) in [6.45, 7) is 2.93. The number of nitrogens with zero attached hydrogens (tertiary/aromatic N) is 4. The monoisotopic (exact) mass is 250 g/mol. The van der Waals surface area contributed by atoms with Gasteiger partial charge >= 0.3 is 0 Å². The van der Waals surface area contributed by atoms with Gasteiger partial charge in [-0.3, -0.25) is 0 Å². The number of rotatable bonds is 5. The second kappa shape index (κ2) is 5.53. The van der Waals surface area contributed by atoms with Crippen LogP contribution in [-0.2, 0) is 6.54 Å². The van der Waals surface area contributed by atoms with Gasteiger partial charge in [-0.1, -0.05) is 30.7 Å². The van der Waals surface area contributed by atoms with Crippen LogP contribution in [-0.4, -0.2) is 25.2 Å². The largest absolute Gasteiger partial charge is 0.351 e. The van der Waals surface area contributed by atoms with Crippen LogP contribution in [0.4, 0.5) is 11.6 Å². The number of pyridine rings is 1. The molecular formula is C10H14N6S. The topological polar surface area (TPSA) is 71.4 Å². The zero-order valence-electron chi connectivity index (χ0n) is 9.55. The van der Waals surface area contributed by atoms with Crippen LogP contribution in [0.5, 0.6) is 0 Å². The van der Waals surface area contributed by atoms with E-state index in [1.165, 1.54) is 0 Å². The predicted molar refractivity (Wildman–Crippen MR) is 67.6 cm³/mol. The van der Waals surface area contributed by atoms with Crippen molar-refractivity contribution in [2.24, 2.45) is 0 Å². The molecule has 0 radical (unpaired) electrons. The minimum atomic E-state index is 0.615. The van der Waals surface area contributed by atoms with Gasteiger partial charge in [0, 0.05) is 12.7 Å². The Bertz CT molecular complexity index is 531. The van der Waals surface area contributed by atoms with Crippen LogP contribution in [0.1, 0.15) is 19.8 Å². The Hall–Kier alpha value is -1.76. The first-order valence-corrected chi connectivity index (χ1v) is 5.93. The Balaban J connectivity index is 2.16. The van der Waals surface area contributed by atoms with Gasteiger partial charge < -0.3 is 10.3 Å². The fraction of sp³-hybridized carbons (Fsp3) is 0.400. The van der Waals surface area contributed by atoms with Crippen LogP contribution in [0.3, 0.4) is 0 Å². The molecule has 0 aliphatic heterocycles. The molecule has 0 aliphatic carbocycles. The van der Waals surface area contributed by atoms with E-state index in [9.17, 15) is 0 Å². The SMILES string of the molecule is CCCCn1nnnc1Nc1ccc[nH]c1=S. The highest BCUT2D eigenvalue weighted by molar-refractivity contribution is 7.71. The molecule has 17 heavy (non-hydrogen) atoms. The lowest BCUT2D eigenvalue weighted by atomic mass is 10.3. The van der Waals surface area contributed by atoms with Crippen molar-refractivity contribution in [1.82, 2.24) is 25.2 Å². The highest BCUT2D eigenvalue weighted by atomic mass is 32.1. The number of aromatic amines is 1. The number of aryl methyl sites for hydroxylation is 1. The predicted octanol–water partition coefficient (Wildman–Crippen LogP) is 2.27. The summed E-state index contributed by atoms with van der Waals surface area (Å²) in [5.41, 5.74) is 0.801. The Morgan fingerprint density at radius 2 is 2.41 bits per heavy atom. The van der Waals surface area contributed by atoms with Gasteiger partial charge in [-0.15, -0.1) is 0 Å². The van der Waals surface area contributed by atoms with Crippen molar-refractivity contribution in [1.29, 1.82) is 0 Å². The van der Waals surface area contributed by atoms with Crippen LogP contribution in [0.25, 0.3) is 0 Å². The fourth-order valence-corrected chi connectivity index (χ4v) is 1.58. The van der Waals surface area contributed by atoms with Crippen LogP contribution in [0, 0.1) is 4.64 Å². The first-order chi connectivity index (χ1) is 8.31. The Labute approximate surface area is 104 Å². The Morgan fingerprint density at radius 3 is 3.18 bits per heavy atom. The fourth-order valence-electron chi connectivity index (χ4n) is 1.39. The van der Waals surface area contributed by atoms with Gasteiger partial charge in [-0.25, -0.2) is 4.68 Å². The average molecular weight is 250 g/mol. The summed E-state index contributed by atoms with van der Waals surface area (Å²) < 4.78 is 2.38. The molecule has 0 saturated heterocycles. The Kier molecular flexibility index (Phi) is 3.81. The van der Waals surface area contributed by atoms with Crippen molar-refractivity contribution in [2.75, 3.05) is 5.32 Å². The molecular weight excluding hydrogens is 236 g/mol. The van der Waals surface area contributed by atoms with E-state index in [2.05, 4.69) is 32.7 Å². The second-order valence-electron chi connectivity index (χ2n) is 3.62. The minimum absolute atomic E-state index is 0.615. The van der Waals surface area contributed by atoms with Crippen molar-refractivity contribution >= 4 is 23.9 Å². The standard InChI is InChI=1S/C10H14N6S/c1-2-3-7-16-10(13-14-15-16)12-8-5-4-6-11-9(8)17/h4-6H,2-3,7H2,1H3,(H,11,17)(H,12,13,15). The molecule has 0 fully saturated rings. The van der Waals surface area contributed by atoms with Crippen molar-refractivity contribution in [3.8, 4) is 0 Å². The number of anilines is 2. The first-order valence-electron chi connectivity index (χ1n) is 5.52. The van der Waals surface area contributed by atoms with E-state index in [-0.39, 0.29) is 0 Å². The molecule has 0 atom stereocenters. The summed E-state index contributed by atoms with van der Waals surface area (Å²) in [7, 11) is 0. The van der Waals surface area contributed by atoms with E-state index in [4.69, 9.17) is 12.2 Å². The van der Waals surface area contributed by atoms with Gasteiger partial charge in [0.2, 0.25) is 5.95 Å². The van der Waals surface area contributed by atoms with E-state index in [0.717, 1.165) is 25.1 Å². The van der Waals surface area contributed by atoms with E-state index in [1.54, 1.807) is 10.9 Å². The molecule has 2 heterocycles. The molecule has 0 bridgehead atoms. The van der Waals surface area contributed by atoms with E-state index in [1.807, 2.05) is 12.1 Å². The zero-order valence-corrected chi connectivity index (χ0v) is 10.4. The van der Waals surface area contributed by atoms with Crippen LogP contribution < -0.4 is 5.32 Å². The number of tetrazole rings is 1. The van der Waals surface area contributed by atoms with Crippen LogP contribution >= 0.6 is 12.2 Å². The highest BCUT2D eigenvalue weighted by Crippen LogP contribution is 2.13. The molecule has 90 valence electrons. The van der Waals surface area contributed by atoms with Crippen molar-refractivity contribution in [2.45, 2.75) is 26.3 Å². The van der Waals surface area contributed by atoms with Gasteiger partial charge in [0.15, 0.2) is 0 Å². The second-order valence-corrected chi connectivity index (χ2v) is 4.03. The number of hydrogen-bond donors (Lipinski definition) is 2. The molecule has 0 aromatic carbocycles. The number of H-pyrrole nitrogens is 1. The molecule has 0 aliphatic rings. The number of nitrogens with one attached hydrogen (secondary N) is 2. The van der Waals surface area contributed by atoms with E-state index < -0.39 is 0 Å². The quantitative estimate of drug-likeness (QED) is 0.796. The maximum atomic E-state index is 5.16.